The van der Waals surface area contributed by atoms with Gasteiger partial charge in [-0.2, -0.15) is 0 Å². The highest BCUT2D eigenvalue weighted by molar-refractivity contribution is 9.10. The van der Waals surface area contributed by atoms with Crippen molar-refractivity contribution in [2.24, 2.45) is 5.92 Å². The summed E-state index contributed by atoms with van der Waals surface area (Å²) in [4.78, 5) is 8.70. The second-order valence-corrected chi connectivity index (χ2v) is 6.46. The van der Waals surface area contributed by atoms with E-state index in [9.17, 15) is 4.39 Å². The van der Waals surface area contributed by atoms with E-state index in [1.165, 1.54) is 6.07 Å². The Morgan fingerprint density at radius 2 is 2.05 bits per heavy atom. The van der Waals surface area contributed by atoms with E-state index in [2.05, 4.69) is 39.7 Å². The lowest BCUT2D eigenvalue weighted by Crippen LogP contribution is -2.09. The van der Waals surface area contributed by atoms with E-state index < -0.39 is 0 Å². The molecule has 6 heteroatoms. The number of nitrogens with zero attached hydrogens (tertiary/aromatic N) is 2. The molecular formula is C15H16BrClFN3. The average Bonchev–Trinajstić information content (AvgIpc) is 2.39. The number of hydrogen-bond acceptors (Lipinski definition) is 3. The maximum atomic E-state index is 13.8. The molecule has 2 rings (SSSR count). The molecule has 0 atom stereocenters. The minimum Gasteiger partial charge on any atom is -0.383 e. The van der Waals surface area contributed by atoms with Crippen LogP contribution in [0, 0.1) is 11.7 Å². The van der Waals surface area contributed by atoms with Crippen LogP contribution in [0.15, 0.2) is 22.7 Å². The first-order valence-corrected chi connectivity index (χ1v) is 7.79. The third-order valence-electron chi connectivity index (χ3n) is 2.99. The summed E-state index contributed by atoms with van der Waals surface area (Å²) in [5, 5.41) is 0.366. The monoisotopic (exact) mass is 371 g/mol. The van der Waals surface area contributed by atoms with Crippen LogP contribution in [0.25, 0.3) is 0 Å². The van der Waals surface area contributed by atoms with Crippen LogP contribution in [0.4, 0.5) is 10.2 Å². The van der Waals surface area contributed by atoms with Crippen molar-refractivity contribution in [2.75, 3.05) is 5.73 Å². The summed E-state index contributed by atoms with van der Waals surface area (Å²) in [7, 11) is 0. The maximum Gasteiger partial charge on any atom is 0.141 e. The van der Waals surface area contributed by atoms with Gasteiger partial charge in [-0.05, 0) is 40.4 Å². The minimum atomic E-state index is -0.363. The quantitative estimate of drug-likeness (QED) is 0.865. The molecule has 1 heterocycles. The summed E-state index contributed by atoms with van der Waals surface area (Å²) in [6, 6.07) is 4.60. The highest BCUT2D eigenvalue weighted by Gasteiger charge is 2.14. The summed E-state index contributed by atoms with van der Waals surface area (Å²) < 4.78 is 14.6. The van der Waals surface area contributed by atoms with Gasteiger partial charge in [0.05, 0.1) is 10.2 Å². The molecule has 2 N–H and O–H groups in total. The van der Waals surface area contributed by atoms with E-state index in [0.29, 0.717) is 32.6 Å². The number of aromatic nitrogens is 2. The normalized spacial score (nSPS) is 11.1. The molecule has 112 valence electrons. The molecule has 0 saturated carbocycles. The van der Waals surface area contributed by atoms with Crippen LogP contribution in [0.5, 0.6) is 0 Å². The van der Waals surface area contributed by atoms with Crippen molar-refractivity contribution >= 4 is 33.3 Å². The largest absolute Gasteiger partial charge is 0.383 e. The Labute approximate surface area is 136 Å². The third-order valence-corrected chi connectivity index (χ3v) is 4.21. The molecule has 0 aliphatic heterocycles. The van der Waals surface area contributed by atoms with Crippen LogP contribution in [0.1, 0.15) is 30.9 Å². The molecule has 0 aliphatic rings. The molecule has 0 bridgehead atoms. The second-order valence-electron chi connectivity index (χ2n) is 5.26. The Kier molecular flexibility index (Phi) is 5.17. The summed E-state index contributed by atoms with van der Waals surface area (Å²) in [5.74, 6) is 0.903. The van der Waals surface area contributed by atoms with Crippen LogP contribution in [0.3, 0.4) is 0 Å². The maximum absolute atomic E-state index is 13.8. The number of benzene rings is 1. The van der Waals surface area contributed by atoms with Crippen LogP contribution in [0.2, 0.25) is 5.02 Å². The van der Waals surface area contributed by atoms with E-state index in [-0.39, 0.29) is 12.2 Å². The molecule has 21 heavy (non-hydrogen) atoms. The number of anilines is 1. The van der Waals surface area contributed by atoms with E-state index >= 15 is 0 Å². The molecule has 0 saturated heterocycles. The molecule has 0 radical (unpaired) electrons. The number of nitrogen functional groups attached to an aromatic ring is 1. The zero-order chi connectivity index (χ0) is 15.6. The van der Waals surface area contributed by atoms with Crippen molar-refractivity contribution in [2.45, 2.75) is 26.7 Å². The molecule has 0 amide bonds. The highest BCUT2D eigenvalue weighted by atomic mass is 79.9. The fraction of sp³-hybridized carbons (Fsp3) is 0.333. The topological polar surface area (TPSA) is 51.8 Å². The van der Waals surface area contributed by atoms with Crippen LogP contribution >= 0.6 is 27.5 Å². The van der Waals surface area contributed by atoms with Gasteiger partial charge < -0.3 is 5.73 Å². The Morgan fingerprint density at radius 3 is 2.67 bits per heavy atom. The van der Waals surface area contributed by atoms with Gasteiger partial charge in [-0.15, -0.1) is 0 Å². The van der Waals surface area contributed by atoms with E-state index in [1.807, 2.05) is 0 Å². The first-order valence-electron chi connectivity index (χ1n) is 6.62. The fourth-order valence-electron chi connectivity index (χ4n) is 2.03. The lowest BCUT2D eigenvalue weighted by atomic mass is 10.1. The zero-order valence-electron chi connectivity index (χ0n) is 11.8. The summed E-state index contributed by atoms with van der Waals surface area (Å²) in [6.07, 6.45) is 0.986. The molecule has 0 spiro atoms. The number of nitrogens with two attached hydrogens (primary N) is 1. The molecule has 0 fully saturated rings. The molecule has 3 nitrogen and oxygen atoms in total. The predicted molar refractivity (Wildman–Crippen MR) is 86.9 cm³/mol. The smallest absolute Gasteiger partial charge is 0.141 e. The summed E-state index contributed by atoms with van der Waals surface area (Å²) >= 11 is 9.45. The van der Waals surface area contributed by atoms with Gasteiger partial charge in [0.25, 0.3) is 0 Å². The first-order chi connectivity index (χ1) is 9.88. The fourth-order valence-corrected chi connectivity index (χ4v) is 2.60. The van der Waals surface area contributed by atoms with Crippen LogP contribution < -0.4 is 5.73 Å². The average molecular weight is 373 g/mol. The Balaban J connectivity index is 2.39. The standard InChI is InChI=1S/C15H16BrClFN3/c1-8(2)6-12-14(16)15(19)21-13(20-12)7-9-10(17)4-3-5-11(9)18/h3-5,8H,6-7H2,1-2H3,(H2,19,20,21). The molecular weight excluding hydrogens is 357 g/mol. The van der Waals surface area contributed by atoms with Crippen molar-refractivity contribution in [3.05, 3.63) is 50.6 Å². The second kappa shape index (κ2) is 6.71. The number of halogens is 3. The Bertz CT molecular complexity index is 641. The van der Waals surface area contributed by atoms with Gasteiger partial charge >= 0.3 is 0 Å². The van der Waals surface area contributed by atoms with E-state index in [0.717, 1.165) is 12.1 Å². The first kappa shape index (κ1) is 16.2. The lowest BCUT2D eigenvalue weighted by Gasteiger charge is -2.11. The van der Waals surface area contributed by atoms with Gasteiger partial charge in [-0.1, -0.05) is 31.5 Å². The Hall–Kier alpha value is -1.20. The van der Waals surface area contributed by atoms with Crippen molar-refractivity contribution in [3.8, 4) is 0 Å². The molecule has 1 aromatic carbocycles. The molecule has 2 aromatic rings. The van der Waals surface area contributed by atoms with Crippen molar-refractivity contribution in [1.82, 2.24) is 9.97 Å². The summed E-state index contributed by atoms with van der Waals surface area (Å²) in [5.41, 5.74) is 7.12. The molecule has 0 aliphatic carbocycles. The van der Waals surface area contributed by atoms with Crippen molar-refractivity contribution < 1.29 is 4.39 Å². The lowest BCUT2D eigenvalue weighted by molar-refractivity contribution is 0.609. The van der Waals surface area contributed by atoms with Gasteiger partial charge in [0.1, 0.15) is 17.5 Å². The zero-order valence-corrected chi connectivity index (χ0v) is 14.2. The van der Waals surface area contributed by atoms with E-state index in [1.54, 1.807) is 12.1 Å². The van der Waals surface area contributed by atoms with E-state index in [4.69, 9.17) is 17.3 Å². The van der Waals surface area contributed by atoms with Gasteiger partial charge in [-0.3, -0.25) is 0 Å². The molecule has 0 unspecified atom stereocenters. The summed E-state index contributed by atoms with van der Waals surface area (Å²) in [6.45, 7) is 4.19. The SMILES string of the molecule is CC(C)Cc1nc(Cc2c(F)cccc2Cl)nc(N)c1Br. The van der Waals surface area contributed by atoms with Crippen LogP contribution in [-0.2, 0) is 12.8 Å². The predicted octanol–water partition coefficient (Wildman–Crippen LogP) is 4.40. The van der Waals surface area contributed by atoms with Gasteiger partial charge in [0, 0.05) is 17.0 Å². The van der Waals surface area contributed by atoms with Gasteiger partial charge in [0.15, 0.2) is 0 Å². The van der Waals surface area contributed by atoms with Crippen molar-refractivity contribution in [1.29, 1.82) is 0 Å². The van der Waals surface area contributed by atoms with Gasteiger partial charge in [-0.25, -0.2) is 14.4 Å². The minimum absolute atomic E-state index is 0.216. The van der Waals surface area contributed by atoms with Crippen molar-refractivity contribution in [3.63, 3.8) is 0 Å². The highest BCUT2D eigenvalue weighted by Crippen LogP contribution is 2.26. The van der Waals surface area contributed by atoms with Crippen LogP contribution in [-0.4, -0.2) is 9.97 Å². The molecule has 1 aromatic heterocycles. The Morgan fingerprint density at radius 1 is 1.33 bits per heavy atom. The number of hydrogen-bond donors (Lipinski definition) is 1. The third kappa shape index (κ3) is 3.92. The van der Waals surface area contributed by atoms with Gasteiger partial charge in [0.2, 0.25) is 0 Å². The number of rotatable bonds is 4.